The number of nitrogens with zero attached hydrogens (tertiary/aromatic N) is 12. The van der Waals surface area contributed by atoms with Crippen LogP contribution in [0.4, 0.5) is 68.2 Å². The topological polar surface area (TPSA) is 429 Å². The summed E-state index contributed by atoms with van der Waals surface area (Å²) in [6, 6.07) is 5.78. The van der Waals surface area contributed by atoms with Gasteiger partial charge in [-0.2, -0.15) is 0 Å². The van der Waals surface area contributed by atoms with Crippen LogP contribution in [0.25, 0.3) is 0 Å². The molecule has 0 saturated heterocycles. The van der Waals surface area contributed by atoms with Crippen LogP contribution in [0, 0.1) is 60.7 Å². The van der Waals surface area contributed by atoms with Crippen molar-refractivity contribution in [2.75, 3.05) is 97.9 Å². The molecule has 3 aromatic carbocycles. The second kappa shape index (κ2) is 31.5. The van der Waals surface area contributed by atoms with Crippen molar-refractivity contribution in [1.29, 1.82) is 0 Å². The lowest BCUT2D eigenvalue weighted by Gasteiger charge is -2.17. The molecular formula is C52H58N16O18. The number of amides is 6. The third-order valence-electron chi connectivity index (χ3n) is 11.7. The number of carbonyl (C=O) groups excluding carboxylic acids is 6. The number of nitro groups is 6. The fraction of sp³-hybridized carbons (Fsp3) is 0.269. The van der Waals surface area contributed by atoms with Crippen molar-refractivity contribution in [3.05, 3.63) is 183 Å². The lowest BCUT2D eigenvalue weighted by molar-refractivity contribution is -0.392. The smallest absolute Gasteiger partial charge is 0.301 e. The Balaban J connectivity index is 0.000000236. The molecule has 0 atom stereocenters. The molecule has 3 aromatic rings. The van der Waals surface area contributed by atoms with E-state index in [2.05, 4.69) is 45.6 Å². The molecule has 6 amide bonds. The van der Waals surface area contributed by atoms with Gasteiger partial charge < -0.3 is 36.0 Å². The van der Waals surface area contributed by atoms with Gasteiger partial charge in [-0.25, -0.2) is 14.7 Å². The Bertz CT molecular complexity index is 2860. The summed E-state index contributed by atoms with van der Waals surface area (Å²) in [6.45, 7) is 4.56. The third-order valence-corrected chi connectivity index (χ3v) is 11.7. The molecule has 7 aliphatic heterocycles. The van der Waals surface area contributed by atoms with Gasteiger partial charge in [-0.15, -0.1) is 0 Å². The highest BCUT2D eigenvalue weighted by atomic mass is 16.6. The van der Waals surface area contributed by atoms with Crippen molar-refractivity contribution in [2.45, 2.75) is 25.7 Å². The Kier molecular flexibility index (Phi) is 24.4. The molecule has 0 saturated carbocycles. The SMILES string of the molecule is C1=CNCC1.C1=CNCC1.C1=CNCC1.C1=CNCC1.CN(C)c1c([N+](=O)[O-])cc(N2C(=O)C=CC2=O)cc1[N+](=O)[O-].CN(C)c1c([N+](=O)[O-])cc(N2C(=O)C=CC2=O)cc1[N+](=O)[O-].CN(C)c1c([N+](=O)[O-])cc(N2C(=O)C=CC2=O)cc1[N+](=O)[O-]. The number of carbonyl (C=O) groups is 6. The molecule has 34 nitrogen and oxygen atoms in total. The predicted octanol–water partition coefficient (Wildman–Crippen LogP) is 4.97. The number of hydrogen-bond donors (Lipinski definition) is 4. The maximum Gasteiger partial charge on any atom is 0.301 e. The van der Waals surface area contributed by atoms with Crippen LogP contribution in [-0.2, 0) is 28.8 Å². The van der Waals surface area contributed by atoms with Crippen molar-refractivity contribution in [1.82, 2.24) is 21.3 Å². The van der Waals surface area contributed by atoms with Gasteiger partial charge in [-0.05, 0) is 50.5 Å². The van der Waals surface area contributed by atoms with E-state index in [4.69, 9.17) is 0 Å². The first-order valence-electron chi connectivity index (χ1n) is 25.4. The summed E-state index contributed by atoms with van der Waals surface area (Å²) in [4.78, 5) is 138. The number of anilines is 6. The first kappa shape index (κ1) is 66.8. The van der Waals surface area contributed by atoms with E-state index in [1.165, 1.54) is 82.7 Å². The molecule has 86 heavy (non-hydrogen) atoms. The minimum atomic E-state index is -0.801. The van der Waals surface area contributed by atoms with Crippen LogP contribution in [0.1, 0.15) is 25.7 Å². The van der Waals surface area contributed by atoms with Crippen LogP contribution in [-0.4, -0.2) is 133 Å². The number of nitro benzene ring substituents is 6. The molecular weight excluding hydrogens is 1140 g/mol. The van der Waals surface area contributed by atoms with Crippen molar-refractivity contribution < 1.29 is 58.3 Å². The zero-order valence-corrected chi connectivity index (χ0v) is 46.9. The zero-order valence-electron chi connectivity index (χ0n) is 46.9. The van der Waals surface area contributed by atoms with Crippen LogP contribution >= 0.6 is 0 Å². The lowest BCUT2D eigenvalue weighted by Crippen LogP contribution is -2.29. The lowest BCUT2D eigenvalue weighted by atomic mass is 10.1. The van der Waals surface area contributed by atoms with Gasteiger partial charge in [0.25, 0.3) is 35.4 Å². The van der Waals surface area contributed by atoms with Gasteiger partial charge >= 0.3 is 34.1 Å². The Morgan fingerprint density at radius 2 is 0.488 bits per heavy atom. The summed E-state index contributed by atoms with van der Waals surface area (Å²) < 4.78 is 0. The normalized spacial score (nSPS) is 14.9. The summed E-state index contributed by atoms with van der Waals surface area (Å²) in [6.07, 6.45) is 27.2. The number of benzene rings is 3. The Labute approximate surface area is 488 Å². The van der Waals surface area contributed by atoms with Crippen molar-refractivity contribution >= 4 is 104 Å². The van der Waals surface area contributed by atoms with Gasteiger partial charge in [0.1, 0.15) is 0 Å². The predicted molar refractivity (Wildman–Crippen MR) is 314 cm³/mol. The highest BCUT2D eigenvalue weighted by Gasteiger charge is 2.37. The Hall–Kier alpha value is -11.7. The summed E-state index contributed by atoms with van der Waals surface area (Å²) in [5.74, 6) is -4.30. The van der Waals surface area contributed by atoms with E-state index in [0.29, 0.717) is 14.7 Å². The first-order chi connectivity index (χ1) is 40.7. The third kappa shape index (κ3) is 17.9. The number of rotatable bonds is 12. The average Bonchev–Trinajstić information content (AvgIpc) is 3.07. The molecule has 7 heterocycles. The molecule has 4 N–H and O–H groups in total. The first-order valence-corrected chi connectivity index (χ1v) is 25.4. The molecule has 0 fully saturated rings. The van der Waals surface area contributed by atoms with Crippen LogP contribution in [0.5, 0.6) is 0 Å². The second-order valence-electron chi connectivity index (χ2n) is 18.3. The van der Waals surface area contributed by atoms with Crippen molar-refractivity contribution in [2.24, 2.45) is 0 Å². The van der Waals surface area contributed by atoms with Crippen LogP contribution in [0.15, 0.2) is 122 Å². The van der Waals surface area contributed by atoms with E-state index in [0.717, 1.165) is 99.0 Å². The summed E-state index contributed by atoms with van der Waals surface area (Å²) in [5.41, 5.74) is -4.71. The molecule has 7 aliphatic rings. The number of imide groups is 3. The van der Waals surface area contributed by atoms with Gasteiger partial charge in [0.2, 0.25) is 0 Å². The van der Waals surface area contributed by atoms with Gasteiger partial charge in [0.15, 0.2) is 17.1 Å². The number of hydrogen-bond acceptors (Lipinski definition) is 25. The molecule has 0 spiro atoms. The summed E-state index contributed by atoms with van der Waals surface area (Å²) in [5, 5.41) is 79.3. The molecule has 0 radical (unpaired) electrons. The van der Waals surface area contributed by atoms with Gasteiger partial charge in [0.05, 0.1) is 46.6 Å². The minimum Gasteiger partial charge on any atom is -0.391 e. The maximum absolute atomic E-state index is 11.6. The monoisotopic (exact) mass is 1190 g/mol. The van der Waals surface area contributed by atoms with E-state index in [1.807, 2.05) is 24.8 Å². The zero-order chi connectivity index (χ0) is 63.9. The standard InChI is InChI=1S/3C12H10N4O6.4C4H7N/c3*1-13(2)12-8(15(19)20)5-7(6-9(12)16(21)22)14-10(17)3-4-11(14)18;4*1-2-4-5-3-1/h3*3-6H,1-2H3;4*1,3,5H,2,4H2. The summed E-state index contributed by atoms with van der Waals surface area (Å²) in [7, 11) is 8.52. The van der Waals surface area contributed by atoms with Gasteiger partial charge in [-0.1, -0.05) is 24.3 Å². The van der Waals surface area contributed by atoms with E-state index in [1.54, 1.807) is 0 Å². The second-order valence-corrected chi connectivity index (χ2v) is 18.3. The fourth-order valence-corrected chi connectivity index (χ4v) is 8.00. The largest absolute Gasteiger partial charge is 0.391 e. The molecule has 0 bridgehead atoms. The van der Waals surface area contributed by atoms with Crippen LogP contribution in [0.3, 0.4) is 0 Å². The Morgan fingerprint density at radius 1 is 0.326 bits per heavy atom. The van der Waals surface area contributed by atoms with Crippen molar-refractivity contribution in [3.8, 4) is 0 Å². The summed E-state index contributed by atoms with van der Waals surface area (Å²) >= 11 is 0. The van der Waals surface area contributed by atoms with E-state index in [9.17, 15) is 89.5 Å². The quantitative estimate of drug-likeness (QED) is 0.106. The highest BCUT2D eigenvalue weighted by Crippen LogP contribution is 2.43. The van der Waals surface area contributed by atoms with Crippen LogP contribution < -0.4 is 50.7 Å². The molecule has 0 unspecified atom stereocenters. The van der Waals surface area contributed by atoms with Gasteiger partial charge in [0, 0.05) is 141 Å². The molecule has 0 aromatic heterocycles. The van der Waals surface area contributed by atoms with Gasteiger partial charge in [-0.3, -0.25) is 89.5 Å². The molecule has 454 valence electrons. The molecule has 10 rings (SSSR count). The van der Waals surface area contributed by atoms with E-state index in [-0.39, 0.29) is 34.1 Å². The Morgan fingerprint density at radius 3 is 0.581 bits per heavy atom. The van der Waals surface area contributed by atoms with Crippen LogP contribution in [0.2, 0.25) is 0 Å². The highest BCUT2D eigenvalue weighted by molar-refractivity contribution is 6.30. The maximum atomic E-state index is 11.6. The van der Waals surface area contributed by atoms with E-state index >= 15 is 0 Å². The fourth-order valence-electron chi connectivity index (χ4n) is 8.00. The van der Waals surface area contributed by atoms with Crippen molar-refractivity contribution in [3.63, 3.8) is 0 Å². The average molecular weight is 1200 g/mol. The number of nitrogens with one attached hydrogen (secondary N) is 4. The minimum absolute atomic E-state index is 0.217. The molecule has 0 aliphatic carbocycles. The van der Waals surface area contributed by atoms with E-state index < -0.39 is 99.1 Å². The molecule has 34 heteroatoms.